The highest BCUT2D eigenvalue weighted by atomic mass is 32.2. The van der Waals surface area contributed by atoms with Crippen LogP contribution < -0.4 is 5.73 Å². The van der Waals surface area contributed by atoms with Crippen molar-refractivity contribution in [1.29, 1.82) is 0 Å². The van der Waals surface area contributed by atoms with Crippen LogP contribution in [-0.4, -0.2) is 26.3 Å². The van der Waals surface area contributed by atoms with E-state index in [-0.39, 0.29) is 12.2 Å². The molecule has 0 unspecified atom stereocenters. The summed E-state index contributed by atoms with van der Waals surface area (Å²) in [4.78, 5) is -0.416. The maximum absolute atomic E-state index is 13.5. The van der Waals surface area contributed by atoms with Crippen molar-refractivity contribution in [3.8, 4) is 0 Å². The number of nitrogens with zero attached hydrogens (tertiary/aromatic N) is 1. The number of benzene rings is 1. The first kappa shape index (κ1) is 13.7. The Morgan fingerprint density at radius 1 is 1.53 bits per heavy atom. The van der Waals surface area contributed by atoms with Gasteiger partial charge in [0.05, 0.1) is 0 Å². The van der Waals surface area contributed by atoms with Gasteiger partial charge in [0, 0.05) is 19.3 Å². The highest BCUT2D eigenvalue weighted by Crippen LogP contribution is 2.21. The minimum Gasteiger partial charge on any atom is -0.399 e. The van der Waals surface area contributed by atoms with E-state index >= 15 is 0 Å². The number of hydrogen-bond donors (Lipinski definition) is 1. The SMILES string of the molecule is C=C(C)CN(C)S(=O)(=O)c1cc(N)ccc1F. The Bertz CT molecular complexity index is 540. The quantitative estimate of drug-likeness (QED) is 0.659. The summed E-state index contributed by atoms with van der Waals surface area (Å²) in [5, 5.41) is 0. The van der Waals surface area contributed by atoms with Crippen molar-refractivity contribution in [2.45, 2.75) is 11.8 Å². The summed E-state index contributed by atoms with van der Waals surface area (Å²) in [5.74, 6) is -0.812. The van der Waals surface area contributed by atoms with Crippen molar-refractivity contribution >= 4 is 15.7 Å². The minimum absolute atomic E-state index is 0.135. The fourth-order valence-corrected chi connectivity index (χ4v) is 2.68. The second kappa shape index (κ2) is 4.85. The van der Waals surface area contributed by atoms with Gasteiger partial charge < -0.3 is 5.73 Å². The molecule has 0 saturated heterocycles. The molecule has 2 N–H and O–H groups in total. The molecule has 6 heteroatoms. The maximum atomic E-state index is 13.5. The highest BCUT2D eigenvalue weighted by Gasteiger charge is 2.24. The lowest BCUT2D eigenvalue weighted by Gasteiger charge is -2.17. The van der Waals surface area contributed by atoms with Gasteiger partial charge in [0.2, 0.25) is 10.0 Å². The number of hydrogen-bond acceptors (Lipinski definition) is 3. The van der Waals surface area contributed by atoms with Crippen LogP contribution in [0.2, 0.25) is 0 Å². The third kappa shape index (κ3) is 3.04. The van der Waals surface area contributed by atoms with Crippen molar-refractivity contribution in [2.24, 2.45) is 0 Å². The smallest absolute Gasteiger partial charge is 0.246 e. The fourth-order valence-electron chi connectivity index (χ4n) is 1.35. The van der Waals surface area contributed by atoms with E-state index in [0.717, 1.165) is 16.4 Å². The maximum Gasteiger partial charge on any atom is 0.246 e. The van der Waals surface area contributed by atoms with Crippen molar-refractivity contribution in [3.63, 3.8) is 0 Å². The van der Waals surface area contributed by atoms with E-state index in [4.69, 9.17) is 5.73 Å². The Hall–Kier alpha value is -1.40. The second-order valence-corrected chi connectivity index (χ2v) is 5.92. The molecule has 17 heavy (non-hydrogen) atoms. The number of sulfonamides is 1. The number of anilines is 1. The Morgan fingerprint density at radius 3 is 2.65 bits per heavy atom. The normalized spacial score (nSPS) is 11.8. The molecule has 0 aliphatic carbocycles. The van der Waals surface area contributed by atoms with Crippen molar-refractivity contribution in [3.05, 3.63) is 36.2 Å². The lowest BCUT2D eigenvalue weighted by molar-refractivity contribution is 0.484. The molecule has 0 aromatic heterocycles. The molecule has 4 nitrogen and oxygen atoms in total. The van der Waals surface area contributed by atoms with Crippen LogP contribution in [0.5, 0.6) is 0 Å². The fraction of sp³-hybridized carbons (Fsp3) is 0.273. The lowest BCUT2D eigenvalue weighted by atomic mass is 10.3. The third-order valence-electron chi connectivity index (χ3n) is 2.14. The standard InChI is InChI=1S/C11H15FN2O2S/c1-8(2)7-14(3)17(15,16)11-6-9(13)4-5-10(11)12/h4-6H,1,7,13H2,2-3H3. The van der Waals surface area contributed by atoms with E-state index in [9.17, 15) is 12.8 Å². The number of likely N-dealkylation sites (N-methyl/N-ethyl adjacent to an activating group) is 1. The molecule has 94 valence electrons. The molecule has 0 heterocycles. The van der Waals surface area contributed by atoms with Gasteiger partial charge in [0.15, 0.2) is 0 Å². The molecule has 0 fully saturated rings. The minimum atomic E-state index is -3.87. The highest BCUT2D eigenvalue weighted by molar-refractivity contribution is 7.89. The largest absolute Gasteiger partial charge is 0.399 e. The van der Waals surface area contributed by atoms with E-state index in [2.05, 4.69) is 6.58 Å². The lowest BCUT2D eigenvalue weighted by Crippen LogP contribution is -2.29. The summed E-state index contributed by atoms with van der Waals surface area (Å²) in [6.07, 6.45) is 0. The van der Waals surface area contributed by atoms with Gasteiger partial charge in [-0.25, -0.2) is 12.8 Å². The predicted octanol–water partition coefficient (Wildman–Crippen LogP) is 1.60. The number of nitrogen functional groups attached to an aromatic ring is 1. The van der Waals surface area contributed by atoms with Crippen LogP contribution in [0.25, 0.3) is 0 Å². The molecule has 1 aromatic carbocycles. The zero-order chi connectivity index (χ0) is 13.2. The number of halogens is 1. The van der Waals surface area contributed by atoms with Crippen LogP contribution in [0.1, 0.15) is 6.92 Å². The zero-order valence-electron chi connectivity index (χ0n) is 9.77. The van der Waals surface area contributed by atoms with Crippen molar-refractivity contribution in [2.75, 3.05) is 19.3 Å². The summed E-state index contributed by atoms with van der Waals surface area (Å²) in [6, 6.07) is 3.46. The Kier molecular flexibility index (Phi) is 3.90. The first-order valence-electron chi connectivity index (χ1n) is 4.91. The van der Waals surface area contributed by atoms with E-state index < -0.39 is 20.7 Å². The molecule has 0 bridgehead atoms. The molecule has 0 atom stereocenters. The first-order valence-corrected chi connectivity index (χ1v) is 6.35. The van der Waals surface area contributed by atoms with Gasteiger partial charge in [0.25, 0.3) is 0 Å². The average Bonchev–Trinajstić information content (AvgIpc) is 2.20. The molecule has 0 spiro atoms. The number of rotatable bonds is 4. The van der Waals surface area contributed by atoms with Gasteiger partial charge in [-0.05, 0) is 25.1 Å². The third-order valence-corrected chi connectivity index (χ3v) is 3.95. The molecule has 0 saturated carbocycles. The molecule has 0 amide bonds. The Labute approximate surface area is 101 Å². The van der Waals surface area contributed by atoms with Crippen LogP contribution in [0.15, 0.2) is 35.2 Å². The predicted molar refractivity (Wildman–Crippen MR) is 65.4 cm³/mol. The summed E-state index contributed by atoms with van der Waals surface area (Å²) >= 11 is 0. The van der Waals surface area contributed by atoms with E-state index in [1.165, 1.54) is 13.1 Å². The topological polar surface area (TPSA) is 63.4 Å². The van der Waals surface area contributed by atoms with Crippen LogP contribution in [0.4, 0.5) is 10.1 Å². The van der Waals surface area contributed by atoms with Gasteiger partial charge in [0.1, 0.15) is 10.7 Å². The molecule has 0 aliphatic rings. The van der Waals surface area contributed by atoms with Crippen LogP contribution in [0, 0.1) is 5.82 Å². The average molecular weight is 258 g/mol. The number of nitrogens with two attached hydrogens (primary N) is 1. The zero-order valence-corrected chi connectivity index (χ0v) is 10.6. The summed E-state index contributed by atoms with van der Waals surface area (Å²) in [5.41, 5.74) is 6.33. The van der Waals surface area contributed by atoms with E-state index in [1.807, 2.05) is 0 Å². The monoisotopic (exact) mass is 258 g/mol. The van der Waals surface area contributed by atoms with Crippen molar-refractivity contribution < 1.29 is 12.8 Å². The van der Waals surface area contributed by atoms with Gasteiger partial charge in [-0.2, -0.15) is 4.31 Å². The van der Waals surface area contributed by atoms with Gasteiger partial charge in [-0.3, -0.25) is 0 Å². The first-order chi connectivity index (χ1) is 7.75. The van der Waals surface area contributed by atoms with Gasteiger partial charge in [-0.1, -0.05) is 12.2 Å². The molecule has 0 aliphatic heterocycles. The summed E-state index contributed by atoms with van der Waals surface area (Å²) < 4.78 is 38.6. The Morgan fingerprint density at radius 2 is 2.12 bits per heavy atom. The molecule has 1 rings (SSSR count). The van der Waals surface area contributed by atoms with Gasteiger partial charge in [-0.15, -0.1) is 0 Å². The van der Waals surface area contributed by atoms with Crippen LogP contribution in [-0.2, 0) is 10.0 Å². The molecule has 1 aromatic rings. The van der Waals surface area contributed by atoms with E-state index in [0.29, 0.717) is 5.57 Å². The molecular weight excluding hydrogens is 243 g/mol. The summed E-state index contributed by atoms with van der Waals surface area (Å²) in [7, 11) is -2.50. The van der Waals surface area contributed by atoms with E-state index in [1.54, 1.807) is 6.92 Å². The Balaban J connectivity index is 3.21. The molecule has 0 radical (unpaired) electrons. The summed E-state index contributed by atoms with van der Waals surface area (Å²) in [6.45, 7) is 5.45. The molecular formula is C11H15FN2O2S. The van der Waals surface area contributed by atoms with Crippen molar-refractivity contribution in [1.82, 2.24) is 4.31 Å². The second-order valence-electron chi connectivity index (χ2n) is 3.91. The van der Waals surface area contributed by atoms with Gasteiger partial charge >= 0.3 is 0 Å². The van der Waals surface area contributed by atoms with Crippen LogP contribution in [0.3, 0.4) is 0 Å². The van der Waals surface area contributed by atoms with Crippen LogP contribution >= 0.6 is 0 Å².